The summed E-state index contributed by atoms with van der Waals surface area (Å²) < 4.78 is 1.86. The van der Waals surface area contributed by atoms with Gasteiger partial charge in [0.1, 0.15) is 5.82 Å². The molecule has 0 aromatic carbocycles. The molecule has 5 heteroatoms. The maximum Gasteiger partial charge on any atom is 0.147 e. The summed E-state index contributed by atoms with van der Waals surface area (Å²) in [5.74, 6) is 2.23. The number of hydrogen-bond acceptors (Lipinski definition) is 4. The van der Waals surface area contributed by atoms with Crippen molar-refractivity contribution in [3.05, 3.63) is 5.69 Å². The second-order valence-electron chi connectivity index (χ2n) is 4.56. The van der Waals surface area contributed by atoms with E-state index in [0.717, 1.165) is 36.6 Å². The normalized spacial score (nSPS) is 10.8. The lowest BCUT2D eigenvalue weighted by Crippen LogP contribution is -2.08. The fourth-order valence-corrected chi connectivity index (χ4v) is 2.47. The second-order valence-corrected chi connectivity index (χ2v) is 5.55. The lowest BCUT2D eigenvalue weighted by Gasteiger charge is -2.07. The maximum atomic E-state index is 6.10. The fourth-order valence-electron chi connectivity index (χ4n) is 1.98. The monoisotopic (exact) mass is 270 g/mol. The van der Waals surface area contributed by atoms with Crippen molar-refractivity contribution in [2.24, 2.45) is 7.05 Å². The zero-order valence-electron chi connectivity index (χ0n) is 11.8. The van der Waals surface area contributed by atoms with Gasteiger partial charge in [-0.2, -0.15) is 16.9 Å². The summed E-state index contributed by atoms with van der Waals surface area (Å²) in [5.41, 5.74) is 7.94. The van der Waals surface area contributed by atoms with Crippen LogP contribution in [0.25, 0.3) is 0 Å². The molecule has 1 aromatic rings. The number of nitrogens with zero attached hydrogens (tertiary/aromatic N) is 2. The number of aromatic nitrogens is 2. The minimum atomic E-state index is 0.823. The van der Waals surface area contributed by atoms with Crippen LogP contribution in [0.15, 0.2) is 0 Å². The van der Waals surface area contributed by atoms with Gasteiger partial charge in [0.25, 0.3) is 0 Å². The van der Waals surface area contributed by atoms with Gasteiger partial charge in [-0.05, 0) is 31.3 Å². The van der Waals surface area contributed by atoms with E-state index < -0.39 is 0 Å². The fraction of sp³-hybridized carbons (Fsp3) is 0.769. The number of hydrogen-bond donors (Lipinski definition) is 2. The topological polar surface area (TPSA) is 55.9 Å². The summed E-state index contributed by atoms with van der Waals surface area (Å²) in [4.78, 5) is 0. The first-order valence-electron chi connectivity index (χ1n) is 6.74. The van der Waals surface area contributed by atoms with Gasteiger partial charge in [-0.3, -0.25) is 4.68 Å². The van der Waals surface area contributed by atoms with Crippen LogP contribution in [-0.4, -0.2) is 28.3 Å². The van der Waals surface area contributed by atoms with E-state index in [4.69, 9.17) is 5.73 Å². The molecule has 0 fully saturated rings. The van der Waals surface area contributed by atoms with Gasteiger partial charge in [0.15, 0.2) is 0 Å². The lowest BCUT2D eigenvalue weighted by molar-refractivity contribution is 0.718. The number of thioether (sulfide) groups is 1. The van der Waals surface area contributed by atoms with Crippen molar-refractivity contribution in [1.82, 2.24) is 9.78 Å². The minimum Gasteiger partial charge on any atom is -0.394 e. The SMILES string of the molecule is CCCc1nn(C)c(NCCCCCSC)c1N. The van der Waals surface area contributed by atoms with Crippen molar-refractivity contribution in [2.75, 3.05) is 29.6 Å². The van der Waals surface area contributed by atoms with E-state index in [1.54, 1.807) is 0 Å². The molecule has 1 heterocycles. The van der Waals surface area contributed by atoms with Crippen LogP contribution in [0.2, 0.25) is 0 Å². The van der Waals surface area contributed by atoms with Gasteiger partial charge in [0.05, 0.1) is 11.4 Å². The number of aryl methyl sites for hydroxylation is 2. The van der Waals surface area contributed by atoms with Crippen molar-refractivity contribution < 1.29 is 0 Å². The van der Waals surface area contributed by atoms with Crippen molar-refractivity contribution in [2.45, 2.75) is 39.0 Å². The van der Waals surface area contributed by atoms with Crippen LogP contribution in [0.4, 0.5) is 11.5 Å². The summed E-state index contributed by atoms with van der Waals surface area (Å²) in [7, 11) is 1.95. The van der Waals surface area contributed by atoms with Crippen LogP contribution in [0, 0.1) is 0 Å². The van der Waals surface area contributed by atoms with Gasteiger partial charge < -0.3 is 11.1 Å². The largest absolute Gasteiger partial charge is 0.394 e. The van der Waals surface area contributed by atoms with Gasteiger partial charge in [0, 0.05) is 13.6 Å². The molecule has 0 aliphatic carbocycles. The first-order valence-corrected chi connectivity index (χ1v) is 8.14. The zero-order chi connectivity index (χ0) is 13.4. The van der Waals surface area contributed by atoms with Crippen LogP contribution < -0.4 is 11.1 Å². The quantitative estimate of drug-likeness (QED) is 0.677. The molecule has 0 saturated carbocycles. The third kappa shape index (κ3) is 4.44. The molecule has 0 amide bonds. The highest BCUT2D eigenvalue weighted by atomic mass is 32.2. The molecule has 1 aromatic heterocycles. The Labute approximate surface area is 115 Å². The van der Waals surface area contributed by atoms with Gasteiger partial charge in [0.2, 0.25) is 0 Å². The molecule has 0 saturated heterocycles. The molecule has 0 unspecified atom stereocenters. The average Bonchev–Trinajstić information content (AvgIpc) is 2.61. The summed E-state index contributed by atoms with van der Waals surface area (Å²) in [6.45, 7) is 3.12. The molecule has 0 atom stereocenters. The van der Waals surface area contributed by atoms with E-state index in [0.29, 0.717) is 0 Å². The Bertz CT molecular complexity index is 349. The summed E-state index contributed by atoms with van der Waals surface area (Å²) in [6.07, 6.45) is 7.95. The molecule has 0 bridgehead atoms. The highest BCUT2D eigenvalue weighted by Crippen LogP contribution is 2.22. The Kier molecular flexibility index (Phi) is 7.01. The lowest BCUT2D eigenvalue weighted by atomic mass is 10.2. The van der Waals surface area contributed by atoms with Crippen molar-refractivity contribution in [1.29, 1.82) is 0 Å². The smallest absolute Gasteiger partial charge is 0.147 e. The Morgan fingerprint density at radius 1 is 1.33 bits per heavy atom. The van der Waals surface area contributed by atoms with Crippen LogP contribution >= 0.6 is 11.8 Å². The van der Waals surface area contributed by atoms with Crippen LogP contribution in [0.1, 0.15) is 38.3 Å². The summed E-state index contributed by atoms with van der Waals surface area (Å²) >= 11 is 1.92. The van der Waals surface area contributed by atoms with E-state index in [1.807, 2.05) is 23.5 Å². The van der Waals surface area contributed by atoms with Gasteiger partial charge in [-0.15, -0.1) is 0 Å². The van der Waals surface area contributed by atoms with Crippen LogP contribution in [0.5, 0.6) is 0 Å². The van der Waals surface area contributed by atoms with E-state index in [-0.39, 0.29) is 0 Å². The first kappa shape index (κ1) is 15.2. The van der Waals surface area contributed by atoms with E-state index in [1.165, 1.54) is 25.0 Å². The van der Waals surface area contributed by atoms with Gasteiger partial charge >= 0.3 is 0 Å². The average molecular weight is 270 g/mol. The van der Waals surface area contributed by atoms with Crippen molar-refractivity contribution in [3.8, 4) is 0 Å². The van der Waals surface area contributed by atoms with Crippen LogP contribution in [0.3, 0.4) is 0 Å². The highest BCUT2D eigenvalue weighted by Gasteiger charge is 2.11. The molecular weight excluding hydrogens is 244 g/mol. The molecule has 18 heavy (non-hydrogen) atoms. The van der Waals surface area contributed by atoms with Crippen molar-refractivity contribution in [3.63, 3.8) is 0 Å². The predicted octanol–water partition coefficient (Wildman–Crippen LogP) is 2.90. The van der Waals surface area contributed by atoms with Crippen LogP contribution in [-0.2, 0) is 13.5 Å². The molecule has 0 spiro atoms. The number of nitrogens with one attached hydrogen (secondary N) is 1. The van der Waals surface area contributed by atoms with E-state index >= 15 is 0 Å². The Morgan fingerprint density at radius 2 is 2.11 bits per heavy atom. The number of unbranched alkanes of at least 4 members (excludes halogenated alkanes) is 2. The second kappa shape index (κ2) is 8.29. The molecule has 0 aliphatic rings. The molecular formula is C13H26N4S. The third-order valence-corrected chi connectivity index (χ3v) is 3.66. The highest BCUT2D eigenvalue weighted by molar-refractivity contribution is 7.98. The summed E-state index contributed by atoms with van der Waals surface area (Å²) in [5, 5.41) is 7.86. The number of rotatable bonds is 9. The van der Waals surface area contributed by atoms with Gasteiger partial charge in [-0.1, -0.05) is 19.8 Å². The minimum absolute atomic E-state index is 0.823. The molecule has 0 aliphatic heterocycles. The number of anilines is 2. The molecule has 4 nitrogen and oxygen atoms in total. The van der Waals surface area contributed by atoms with Gasteiger partial charge in [-0.25, -0.2) is 0 Å². The zero-order valence-corrected chi connectivity index (χ0v) is 12.6. The number of nitrogens with two attached hydrogens (primary N) is 1. The molecule has 0 radical (unpaired) electrons. The Balaban J connectivity index is 2.37. The Hall–Kier alpha value is -0.840. The Morgan fingerprint density at radius 3 is 2.78 bits per heavy atom. The first-order chi connectivity index (χ1) is 8.70. The van der Waals surface area contributed by atoms with E-state index in [9.17, 15) is 0 Å². The third-order valence-electron chi connectivity index (χ3n) is 2.96. The van der Waals surface area contributed by atoms with Crippen molar-refractivity contribution >= 4 is 23.3 Å². The number of nitrogen functional groups attached to an aromatic ring is 1. The standard InChI is InChI=1S/C13H26N4S/c1-4-8-11-12(14)13(17(2)16-11)15-9-6-5-7-10-18-3/h15H,4-10,14H2,1-3H3. The van der Waals surface area contributed by atoms with E-state index in [2.05, 4.69) is 23.6 Å². The molecule has 104 valence electrons. The summed E-state index contributed by atoms with van der Waals surface area (Å²) in [6, 6.07) is 0. The predicted molar refractivity (Wildman–Crippen MR) is 82.3 cm³/mol. The maximum absolute atomic E-state index is 6.10. The molecule has 1 rings (SSSR count). The molecule has 3 N–H and O–H groups in total.